The Labute approximate surface area is 234 Å². The summed E-state index contributed by atoms with van der Waals surface area (Å²) < 4.78 is 11.5. The molecule has 1 aromatic heterocycles. The monoisotopic (exact) mass is 569 g/mol. The topological polar surface area (TPSA) is 89.6 Å². The number of hydrogen-bond donors (Lipinski definition) is 2. The fourth-order valence-electron chi connectivity index (χ4n) is 4.82. The molecule has 0 atom stereocenters. The van der Waals surface area contributed by atoms with Gasteiger partial charge in [-0.1, -0.05) is 23.7 Å². The maximum atomic E-state index is 12.4. The summed E-state index contributed by atoms with van der Waals surface area (Å²) in [5.41, 5.74) is 4.68. The van der Waals surface area contributed by atoms with Crippen molar-refractivity contribution in [3.05, 3.63) is 63.5 Å². The Morgan fingerprint density at radius 3 is 2.58 bits per heavy atom. The predicted octanol–water partition coefficient (Wildman–Crippen LogP) is 5.76. The maximum absolute atomic E-state index is 12.4. The molecule has 1 spiro atoms. The molecule has 3 heterocycles. The summed E-state index contributed by atoms with van der Waals surface area (Å²) in [5.74, 6) is -0.914. The summed E-state index contributed by atoms with van der Waals surface area (Å²) in [6.45, 7) is 1.87. The van der Waals surface area contributed by atoms with Gasteiger partial charge in [-0.25, -0.2) is 4.98 Å². The van der Waals surface area contributed by atoms with E-state index < -0.39 is 17.7 Å². The van der Waals surface area contributed by atoms with Gasteiger partial charge in [0.2, 0.25) is 0 Å². The highest BCUT2D eigenvalue weighted by atomic mass is 35.5. The molecule has 2 aromatic carbocycles. The van der Waals surface area contributed by atoms with E-state index in [1.165, 1.54) is 12.8 Å². The molecule has 6 rings (SSSR count). The zero-order valence-electron chi connectivity index (χ0n) is 20.8. The van der Waals surface area contributed by atoms with Crippen molar-refractivity contribution in [3.8, 4) is 11.3 Å². The number of ether oxygens (including phenoxy) is 2. The number of halogens is 1. The van der Waals surface area contributed by atoms with Gasteiger partial charge < -0.3 is 20.1 Å². The van der Waals surface area contributed by atoms with E-state index in [0.717, 1.165) is 44.9 Å². The van der Waals surface area contributed by atoms with Crippen molar-refractivity contribution in [2.45, 2.75) is 48.5 Å². The van der Waals surface area contributed by atoms with Crippen molar-refractivity contribution in [2.75, 3.05) is 25.0 Å². The first-order valence-corrected chi connectivity index (χ1v) is 15.1. The Morgan fingerprint density at radius 1 is 1.08 bits per heavy atom. The van der Waals surface area contributed by atoms with Gasteiger partial charge in [-0.2, -0.15) is 0 Å². The lowest BCUT2D eigenvalue weighted by Crippen LogP contribution is -2.43. The van der Waals surface area contributed by atoms with Gasteiger partial charge in [0.05, 0.1) is 25.1 Å². The smallest absolute Gasteiger partial charge is 0.309 e. The first kappa shape index (κ1) is 25.7. The number of fused-ring (bicyclic) bond motifs is 2. The summed E-state index contributed by atoms with van der Waals surface area (Å²) >= 11 is 10.0. The molecule has 3 aromatic rings. The molecule has 7 nitrogen and oxygen atoms in total. The minimum Gasteiger partial charge on any atom is -0.416 e. The molecule has 2 fully saturated rings. The van der Waals surface area contributed by atoms with Crippen molar-refractivity contribution < 1.29 is 19.1 Å². The second kappa shape index (κ2) is 10.9. The molecule has 3 aliphatic rings. The van der Waals surface area contributed by atoms with Crippen LogP contribution in [0.2, 0.25) is 5.02 Å². The first-order chi connectivity index (χ1) is 18.5. The van der Waals surface area contributed by atoms with Crippen molar-refractivity contribution >= 4 is 51.8 Å². The standard InChI is InChI=1S/C28H28ClN3O4S2/c29-23-8-7-22-20(11-12-30-16-28(22)35-25(33)9-10-26(34)36-28)21(23)14-37-19-5-3-18(4-6-19)24-15-38-27(32-24)31-13-17-1-2-17/h3-8,15,17,30H,1-2,9-14,16H2,(H,31,32). The van der Waals surface area contributed by atoms with Gasteiger partial charge in [-0.3, -0.25) is 9.59 Å². The summed E-state index contributed by atoms with van der Waals surface area (Å²) in [4.78, 5) is 30.6. The van der Waals surface area contributed by atoms with E-state index in [0.29, 0.717) is 29.3 Å². The molecule has 1 aliphatic carbocycles. The average Bonchev–Trinajstić information content (AvgIpc) is 3.68. The number of aromatic nitrogens is 1. The predicted molar refractivity (Wildman–Crippen MR) is 149 cm³/mol. The number of hydrogen-bond acceptors (Lipinski definition) is 9. The van der Waals surface area contributed by atoms with E-state index in [9.17, 15) is 9.59 Å². The maximum Gasteiger partial charge on any atom is 0.309 e. The Hall–Kier alpha value is -2.59. The zero-order chi connectivity index (χ0) is 26.1. The molecule has 0 radical (unpaired) electrons. The molecule has 38 heavy (non-hydrogen) atoms. The average molecular weight is 570 g/mol. The van der Waals surface area contributed by atoms with Crippen LogP contribution in [0.4, 0.5) is 5.13 Å². The van der Waals surface area contributed by atoms with E-state index in [2.05, 4.69) is 40.3 Å². The molecule has 2 aliphatic heterocycles. The number of rotatable bonds is 7. The van der Waals surface area contributed by atoms with Crippen LogP contribution < -0.4 is 10.6 Å². The van der Waals surface area contributed by atoms with Gasteiger partial charge in [0, 0.05) is 38.7 Å². The summed E-state index contributed by atoms with van der Waals surface area (Å²) in [5, 5.41) is 10.4. The fraction of sp³-hybridized carbons (Fsp3) is 0.393. The second-order valence-electron chi connectivity index (χ2n) is 9.86. The van der Waals surface area contributed by atoms with Crippen LogP contribution in [0, 0.1) is 5.92 Å². The largest absolute Gasteiger partial charge is 0.416 e. The van der Waals surface area contributed by atoms with Crippen LogP contribution in [0.1, 0.15) is 42.4 Å². The lowest BCUT2D eigenvalue weighted by Gasteiger charge is -2.32. The van der Waals surface area contributed by atoms with E-state index in [1.54, 1.807) is 29.2 Å². The van der Waals surface area contributed by atoms with Crippen LogP contribution in [-0.2, 0) is 37.0 Å². The molecular formula is C28H28ClN3O4S2. The molecule has 1 saturated carbocycles. The van der Waals surface area contributed by atoms with Crippen LogP contribution >= 0.6 is 34.7 Å². The van der Waals surface area contributed by atoms with Crippen molar-refractivity contribution in [3.63, 3.8) is 0 Å². The fourth-order valence-corrected chi connectivity index (χ4v) is 6.84. The number of thiazole rings is 1. The number of nitrogens with zero attached hydrogens (tertiary/aromatic N) is 1. The van der Waals surface area contributed by atoms with E-state index in [-0.39, 0.29) is 19.4 Å². The molecule has 10 heteroatoms. The molecule has 0 bridgehead atoms. The Morgan fingerprint density at radius 2 is 1.84 bits per heavy atom. The van der Waals surface area contributed by atoms with E-state index in [1.807, 2.05) is 6.07 Å². The van der Waals surface area contributed by atoms with E-state index in [4.69, 9.17) is 26.1 Å². The number of thioether (sulfide) groups is 1. The van der Waals surface area contributed by atoms with Gasteiger partial charge in [0.1, 0.15) is 0 Å². The molecular weight excluding hydrogens is 542 g/mol. The van der Waals surface area contributed by atoms with Gasteiger partial charge >= 0.3 is 11.9 Å². The molecule has 1 saturated heterocycles. The van der Waals surface area contributed by atoms with Crippen molar-refractivity contribution in [2.24, 2.45) is 5.92 Å². The minimum atomic E-state index is -1.47. The number of carbonyl (C=O) groups excluding carboxylic acids is 2. The Bertz CT molecular complexity index is 1340. The van der Waals surface area contributed by atoms with Crippen LogP contribution in [0.3, 0.4) is 0 Å². The van der Waals surface area contributed by atoms with Crippen LogP contribution in [0.25, 0.3) is 11.3 Å². The Balaban J connectivity index is 1.20. The number of esters is 2. The lowest BCUT2D eigenvalue weighted by molar-refractivity contribution is -0.225. The zero-order valence-corrected chi connectivity index (χ0v) is 23.1. The van der Waals surface area contributed by atoms with Crippen LogP contribution in [0.15, 0.2) is 46.7 Å². The molecule has 198 valence electrons. The highest BCUT2D eigenvalue weighted by Gasteiger charge is 2.45. The number of carbonyl (C=O) groups is 2. The van der Waals surface area contributed by atoms with Crippen molar-refractivity contribution in [1.29, 1.82) is 0 Å². The number of anilines is 1. The third-order valence-electron chi connectivity index (χ3n) is 7.06. The van der Waals surface area contributed by atoms with Crippen LogP contribution in [-0.4, -0.2) is 36.6 Å². The number of benzene rings is 2. The quantitative estimate of drug-likeness (QED) is 0.274. The Kier molecular flexibility index (Phi) is 7.35. The van der Waals surface area contributed by atoms with Gasteiger partial charge in [0.15, 0.2) is 5.13 Å². The van der Waals surface area contributed by atoms with Gasteiger partial charge in [-0.15, -0.1) is 23.1 Å². The van der Waals surface area contributed by atoms with Gasteiger partial charge in [0.25, 0.3) is 5.79 Å². The highest BCUT2D eigenvalue weighted by molar-refractivity contribution is 7.98. The third-order valence-corrected chi connectivity index (χ3v) is 9.25. The highest BCUT2D eigenvalue weighted by Crippen LogP contribution is 2.40. The summed E-state index contributed by atoms with van der Waals surface area (Å²) in [6.07, 6.45) is 3.35. The molecule has 2 N–H and O–H groups in total. The van der Waals surface area contributed by atoms with Gasteiger partial charge in [-0.05, 0) is 67.1 Å². The summed E-state index contributed by atoms with van der Waals surface area (Å²) in [6, 6.07) is 12.0. The number of nitrogens with one attached hydrogen (secondary N) is 2. The SMILES string of the molecule is O=C1CCC(=O)OC2(CNCCc3c2ccc(Cl)c3CSc2ccc(-c3csc(NCC4CC4)n3)cc2)O1. The van der Waals surface area contributed by atoms with E-state index >= 15 is 0 Å². The van der Waals surface area contributed by atoms with Crippen molar-refractivity contribution in [1.82, 2.24) is 10.3 Å². The molecule has 0 unspecified atom stereocenters. The minimum absolute atomic E-state index is 0.0153. The lowest BCUT2D eigenvalue weighted by atomic mass is 9.94. The normalized spacial score (nSPS) is 18.8. The first-order valence-electron chi connectivity index (χ1n) is 12.9. The third kappa shape index (κ3) is 5.57. The second-order valence-corrected chi connectivity index (χ2v) is 12.2. The summed E-state index contributed by atoms with van der Waals surface area (Å²) in [7, 11) is 0. The molecule has 0 amide bonds. The van der Waals surface area contributed by atoms with Crippen LogP contribution in [0.5, 0.6) is 0 Å².